The Morgan fingerprint density at radius 2 is 1.95 bits per heavy atom. The van der Waals surface area contributed by atoms with Gasteiger partial charge in [0.15, 0.2) is 0 Å². The van der Waals surface area contributed by atoms with Crippen LogP contribution in [0.1, 0.15) is 27.7 Å². The molecule has 1 aliphatic heterocycles. The van der Waals surface area contributed by atoms with Gasteiger partial charge in [0.05, 0.1) is 12.7 Å². The van der Waals surface area contributed by atoms with Crippen LogP contribution in [0, 0.1) is 5.92 Å². The van der Waals surface area contributed by atoms with Crippen molar-refractivity contribution in [2.24, 2.45) is 5.92 Å². The van der Waals surface area contributed by atoms with Crippen LogP contribution in [0.2, 0.25) is 0 Å². The molecule has 1 heterocycles. The Kier molecular flexibility index (Phi) is 4.65. The number of carbonyl (C=O) groups is 1. The Morgan fingerprint density at radius 3 is 2.55 bits per heavy atom. The molecule has 2 rings (SSSR count). The van der Waals surface area contributed by atoms with E-state index in [0.717, 1.165) is 18.8 Å². The molecule has 1 fully saturated rings. The van der Waals surface area contributed by atoms with Gasteiger partial charge in [0.25, 0.3) is 0 Å². The van der Waals surface area contributed by atoms with Crippen LogP contribution in [0.3, 0.4) is 0 Å². The molecule has 1 saturated heterocycles. The minimum absolute atomic E-state index is 0.00482. The van der Waals surface area contributed by atoms with Crippen LogP contribution in [0.5, 0.6) is 0 Å². The van der Waals surface area contributed by atoms with E-state index in [-0.39, 0.29) is 17.9 Å². The molecule has 2 unspecified atom stereocenters. The lowest BCUT2D eigenvalue weighted by molar-refractivity contribution is -0.118. The number of nitrogens with zero attached hydrogens (tertiary/aromatic N) is 1. The fraction of sp³-hybridized carbons (Fsp3) is 0.562. The summed E-state index contributed by atoms with van der Waals surface area (Å²) in [4.78, 5) is 14.0. The number of rotatable bonds is 3. The first-order valence-electron chi connectivity index (χ1n) is 7.26. The van der Waals surface area contributed by atoms with Gasteiger partial charge in [-0.05, 0) is 38.1 Å². The lowest BCUT2D eigenvalue weighted by Gasteiger charge is -2.38. The summed E-state index contributed by atoms with van der Waals surface area (Å²) in [5.74, 6) is 0.0425. The van der Waals surface area contributed by atoms with Crippen molar-refractivity contribution in [3.63, 3.8) is 0 Å². The predicted octanol–water partition coefficient (Wildman–Crippen LogP) is 2.89. The van der Waals surface area contributed by atoms with Crippen LogP contribution in [0.25, 0.3) is 0 Å². The van der Waals surface area contributed by atoms with Gasteiger partial charge in [-0.3, -0.25) is 4.79 Å². The Bertz CT molecular complexity index is 456. The minimum atomic E-state index is -0.00482. The van der Waals surface area contributed by atoms with E-state index >= 15 is 0 Å². The third-order valence-electron chi connectivity index (χ3n) is 3.60. The van der Waals surface area contributed by atoms with Gasteiger partial charge in [-0.1, -0.05) is 13.8 Å². The standard InChI is InChI=1S/C16H24N2O2/c1-11(2)16(19)17-14-5-7-15(8-6-14)18-9-13(4)20-10-12(18)3/h5-8,11-13H,9-10H2,1-4H3,(H,17,19). The van der Waals surface area contributed by atoms with E-state index in [4.69, 9.17) is 4.74 Å². The van der Waals surface area contributed by atoms with Crippen LogP contribution < -0.4 is 10.2 Å². The van der Waals surface area contributed by atoms with Gasteiger partial charge < -0.3 is 15.0 Å². The SMILES string of the molecule is CC1CN(c2ccc(NC(=O)C(C)C)cc2)C(C)CO1. The molecule has 20 heavy (non-hydrogen) atoms. The van der Waals surface area contributed by atoms with Crippen LogP contribution in [-0.2, 0) is 9.53 Å². The van der Waals surface area contributed by atoms with E-state index in [0.29, 0.717) is 6.04 Å². The monoisotopic (exact) mass is 276 g/mol. The molecule has 0 saturated carbocycles. The van der Waals surface area contributed by atoms with Crippen molar-refractivity contribution in [3.8, 4) is 0 Å². The minimum Gasteiger partial charge on any atom is -0.375 e. The summed E-state index contributed by atoms with van der Waals surface area (Å²) in [6.45, 7) is 9.70. The van der Waals surface area contributed by atoms with Crippen LogP contribution in [0.4, 0.5) is 11.4 Å². The summed E-state index contributed by atoms with van der Waals surface area (Å²) in [6.07, 6.45) is 0.256. The first-order chi connectivity index (χ1) is 9.47. The fourth-order valence-corrected chi connectivity index (χ4v) is 2.29. The molecule has 1 N–H and O–H groups in total. The van der Waals surface area contributed by atoms with Gasteiger partial charge >= 0.3 is 0 Å². The zero-order valence-corrected chi connectivity index (χ0v) is 12.7. The van der Waals surface area contributed by atoms with E-state index < -0.39 is 0 Å². The summed E-state index contributed by atoms with van der Waals surface area (Å²) in [7, 11) is 0. The summed E-state index contributed by atoms with van der Waals surface area (Å²) in [5.41, 5.74) is 2.02. The maximum Gasteiger partial charge on any atom is 0.226 e. The Balaban J connectivity index is 2.05. The molecule has 1 amide bonds. The first kappa shape index (κ1) is 14.9. The molecule has 4 nitrogen and oxygen atoms in total. The summed E-state index contributed by atoms with van der Waals surface area (Å²) in [6, 6.07) is 8.42. The number of nitrogens with one attached hydrogen (secondary N) is 1. The van der Waals surface area contributed by atoms with Gasteiger partial charge in [-0.15, -0.1) is 0 Å². The van der Waals surface area contributed by atoms with Crippen molar-refractivity contribution >= 4 is 17.3 Å². The van der Waals surface area contributed by atoms with Crippen molar-refractivity contribution in [1.29, 1.82) is 0 Å². The highest BCUT2D eigenvalue weighted by molar-refractivity contribution is 5.92. The number of ether oxygens (including phenoxy) is 1. The Labute approximate surface area is 121 Å². The first-order valence-corrected chi connectivity index (χ1v) is 7.26. The van der Waals surface area contributed by atoms with E-state index in [9.17, 15) is 4.79 Å². The molecule has 2 atom stereocenters. The van der Waals surface area contributed by atoms with Crippen molar-refractivity contribution in [2.75, 3.05) is 23.4 Å². The van der Waals surface area contributed by atoms with Crippen molar-refractivity contribution in [3.05, 3.63) is 24.3 Å². The molecule has 0 spiro atoms. The molecule has 4 heteroatoms. The van der Waals surface area contributed by atoms with Gasteiger partial charge in [0.2, 0.25) is 5.91 Å². The molecular weight excluding hydrogens is 252 g/mol. The summed E-state index contributed by atoms with van der Waals surface area (Å²) in [5, 5.41) is 2.91. The zero-order chi connectivity index (χ0) is 14.7. The number of benzene rings is 1. The molecule has 0 aromatic heterocycles. The second-order valence-electron chi connectivity index (χ2n) is 5.84. The van der Waals surface area contributed by atoms with E-state index in [1.807, 2.05) is 26.0 Å². The molecule has 0 aliphatic carbocycles. The Morgan fingerprint density at radius 1 is 1.30 bits per heavy atom. The predicted molar refractivity (Wildman–Crippen MR) is 82.1 cm³/mol. The quantitative estimate of drug-likeness (QED) is 0.923. The van der Waals surface area contributed by atoms with Gasteiger partial charge in [0, 0.05) is 29.9 Å². The number of morpholine rings is 1. The van der Waals surface area contributed by atoms with Gasteiger partial charge in [-0.2, -0.15) is 0 Å². The second-order valence-corrected chi connectivity index (χ2v) is 5.84. The number of amides is 1. The normalized spacial score (nSPS) is 22.9. The van der Waals surface area contributed by atoms with Gasteiger partial charge in [-0.25, -0.2) is 0 Å². The molecule has 0 radical (unpaired) electrons. The van der Waals surface area contributed by atoms with Crippen LogP contribution >= 0.6 is 0 Å². The van der Waals surface area contributed by atoms with Crippen LogP contribution in [-0.4, -0.2) is 31.2 Å². The number of anilines is 2. The maximum absolute atomic E-state index is 11.7. The summed E-state index contributed by atoms with van der Waals surface area (Å²) >= 11 is 0. The summed E-state index contributed by atoms with van der Waals surface area (Å²) < 4.78 is 5.65. The number of hydrogen-bond donors (Lipinski definition) is 1. The topological polar surface area (TPSA) is 41.6 Å². The highest BCUT2D eigenvalue weighted by Gasteiger charge is 2.23. The maximum atomic E-state index is 11.7. The zero-order valence-electron chi connectivity index (χ0n) is 12.7. The highest BCUT2D eigenvalue weighted by Crippen LogP contribution is 2.23. The van der Waals surface area contributed by atoms with E-state index in [1.54, 1.807) is 0 Å². The third-order valence-corrected chi connectivity index (χ3v) is 3.60. The molecule has 1 aromatic carbocycles. The molecule has 0 bridgehead atoms. The third kappa shape index (κ3) is 3.51. The smallest absolute Gasteiger partial charge is 0.226 e. The highest BCUT2D eigenvalue weighted by atomic mass is 16.5. The van der Waals surface area contributed by atoms with E-state index in [2.05, 4.69) is 36.2 Å². The van der Waals surface area contributed by atoms with E-state index in [1.165, 1.54) is 5.69 Å². The fourth-order valence-electron chi connectivity index (χ4n) is 2.29. The van der Waals surface area contributed by atoms with Crippen molar-refractivity contribution in [1.82, 2.24) is 0 Å². The van der Waals surface area contributed by atoms with Gasteiger partial charge in [0.1, 0.15) is 0 Å². The van der Waals surface area contributed by atoms with Crippen LogP contribution in [0.15, 0.2) is 24.3 Å². The number of carbonyl (C=O) groups excluding carboxylic acids is 1. The average molecular weight is 276 g/mol. The van der Waals surface area contributed by atoms with Crippen molar-refractivity contribution < 1.29 is 9.53 Å². The molecular formula is C16H24N2O2. The Hall–Kier alpha value is -1.55. The molecule has 110 valence electrons. The largest absolute Gasteiger partial charge is 0.375 e. The average Bonchev–Trinajstić information content (AvgIpc) is 2.42. The second kappa shape index (κ2) is 6.27. The molecule has 1 aliphatic rings. The molecule has 1 aromatic rings. The lowest BCUT2D eigenvalue weighted by Crippen LogP contribution is -2.47. The lowest BCUT2D eigenvalue weighted by atomic mass is 10.1. The number of hydrogen-bond acceptors (Lipinski definition) is 3. The van der Waals surface area contributed by atoms with Crippen molar-refractivity contribution in [2.45, 2.75) is 39.8 Å².